The zero-order valence-electron chi connectivity index (χ0n) is 28.8. The first-order chi connectivity index (χ1) is 23.0. The Hall–Kier alpha value is -3.87. The molecule has 3 aliphatic rings. The molecule has 3 fully saturated rings. The van der Waals surface area contributed by atoms with Gasteiger partial charge in [-0.25, -0.2) is 14.4 Å². The number of aliphatic hydroxyl groups is 1. The molecular weight excluding hydrogens is 609 g/mol. The number of nitrogens with one attached hydrogen (secondary N) is 1. The summed E-state index contributed by atoms with van der Waals surface area (Å²) in [5, 5.41) is 18.0. The summed E-state index contributed by atoms with van der Waals surface area (Å²) in [6.07, 6.45) is 6.64. The number of piperidine rings is 1. The molecule has 11 nitrogen and oxygen atoms in total. The highest BCUT2D eigenvalue weighted by Gasteiger charge is 2.33. The van der Waals surface area contributed by atoms with Crippen molar-refractivity contribution in [2.24, 2.45) is 7.05 Å². The molecule has 2 saturated heterocycles. The molecule has 5 heterocycles. The second-order valence-electron chi connectivity index (χ2n) is 14.5. The lowest BCUT2D eigenvalue weighted by atomic mass is 9.83. The molecule has 1 saturated carbocycles. The summed E-state index contributed by atoms with van der Waals surface area (Å²) in [5.74, 6) is -0.875. The fourth-order valence-electron chi connectivity index (χ4n) is 7.80. The van der Waals surface area contributed by atoms with Crippen LogP contribution in [-0.2, 0) is 7.05 Å². The van der Waals surface area contributed by atoms with E-state index in [1.165, 1.54) is 6.07 Å². The summed E-state index contributed by atoms with van der Waals surface area (Å²) in [6.45, 7) is 12.0. The third-order valence-electron chi connectivity index (χ3n) is 11.0. The molecule has 0 atom stereocenters. The fraction of sp³-hybridized carbons (Fsp3) is 0.556. The average molecular weight is 658 g/mol. The Morgan fingerprint density at radius 2 is 1.67 bits per heavy atom. The van der Waals surface area contributed by atoms with Gasteiger partial charge in [0.25, 0.3) is 5.91 Å². The van der Waals surface area contributed by atoms with E-state index in [-0.39, 0.29) is 17.3 Å². The van der Waals surface area contributed by atoms with Gasteiger partial charge in [0.05, 0.1) is 28.4 Å². The molecule has 0 bridgehead atoms. The minimum atomic E-state index is -0.714. The standard InChI is InChI=1S/C36H48FN9O2/c1-23-20-28(32(37)33(39-23)29-22-38-43(5)24(29)2)34(47)41-35-40-30-7-6-27(21-31(30)46(35)26-8-12-36(3,48)13-9-26)44-14-10-25(11-15-44)45-18-16-42(4)17-19-45/h6-7,20-22,25-26,48H,8-19H2,1-5H3,(H,40,41,47). The number of carbonyl (C=O) groups is 1. The topological polar surface area (TPSA) is 108 Å². The lowest BCUT2D eigenvalue weighted by Gasteiger charge is -2.42. The van der Waals surface area contributed by atoms with E-state index in [0.29, 0.717) is 36.1 Å². The molecule has 0 unspecified atom stereocenters. The zero-order chi connectivity index (χ0) is 33.7. The van der Waals surface area contributed by atoms with Crippen molar-refractivity contribution in [2.75, 3.05) is 56.5 Å². The summed E-state index contributed by atoms with van der Waals surface area (Å²) in [4.78, 5) is 30.7. The first kappa shape index (κ1) is 32.7. The second kappa shape index (κ2) is 12.9. The molecule has 1 amide bonds. The molecule has 2 aliphatic heterocycles. The molecule has 4 aromatic rings. The summed E-state index contributed by atoms with van der Waals surface area (Å²) < 4.78 is 19.8. The smallest absolute Gasteiger partial charge is 0.261 e. The molecule has 48 heavy (non-hydrogen) atoms. The highest BCUT2D eigenvalue weighted by Crippen LogP contribution is 2.39. The second-order valence-corrected chi connectivity index (χ2v) is 14.5. The van der Waals surface area contributed by atoms with Crippen LogP contribution < -0.4 is 10.2 Å². The SMILES string of the molecule is Cc1cc(C(=O)Nc2nc3ccc(N4CCC(N5CCN(C)CC5)CC4)cc3n2C2CCC(C)(O)CC2)c(F)c(-c2cnn(C)c2C)n1. The summed E-state index contributed by atoms with van der Waals surface area (Å²) in [5.41, 5.74) is 4.00. The molecule has 2 N–H and O–H groups in total. The number of anilines is 2. The van der Waals surface area contributed by atoms with Crippen LogP contribution in [0.1, 0.15) is 73.2 Å². The molecule has 0 radical (unpaired) electrons. The lowest BCUT2D eigenvalue weighted by molar-refractivity contribution is 0.0106. The van der Waals surface area contributed by atoms with Gasteiger partial charge in [-0.3, -0.25) is 19.7 Å². The molecule has 3 aromatic heterocycles. The van der Waals surface area contributed by atoms with Crippen molar-refractivity contribution in [2.45, 2.75) is 77.0 Å². The number of hydrogen-bond donors (Lipinski definition) is 2. The number of aryl methyl sites for hydroxylation is 2. The number of carbonyl (C=O) groups excluding carboxylic acids is 1. The van der Waals surface area contributed by atoms with E-state index in [2.05, 4.69) is 53.8 Å². The first-order valence-electron chi connectivity index (χ1n) is 17.4. The number of benzene rings is 1. The highest BCUT2D eigenvalue weighted by atomic mass is 19.1. The molecule has 256 valence electrons. The van der Waals surface area contributed by atoms with Crippen LogP contribution in [0, 0.1) is 19.7 Å². The summed E-state index contributed by atoms with van der Waals surface area (Å²) in [7, 11) is 3.99. The van der Waals surface area contributed by atoms with E-state index in [0.717, 1.165) is 87.4 Å². The fourth-order valence-corrected chi connectivity index (χ4v) is 7.80. The number of imidazole rings is 1. The maximum absolute atomic E-state index is 16.0. The Labute approximate surface area is 281 Å². The molecule has 7 rings (SSSR count). The maximum Gasteiger partial charge on any atom is 0.261 e. The Morgan fingerprint density at radius 1 is 0.958 bits per heavy atom. The minimum absolute atomic E-state index is 0.0290. The quantitative estimate of drug-likeness (QED) is 0.301. The Bertz CT molecular complexity index is 1810. The number of amides is 1. The maximum atomic E-state index is 16.0. The number of fused-ring (bicyclic) bond motifs is 1. The normalized spacial score (nSPS) is 23.2. The van der Waals surface area contributed by atoms with E-state index in [4.69, 9.17) is 4.98 Å². The number of likely N-dealkylation sites (N-methyl/N-ethyl adjacent to an activating group) is 1. The van der Waals surface area contributed by atoms with Gasteiger partial charge in [-0.15, -0.1) is 0 Å². The summed E-state index contributed by atoms with van der Waals surface area (Å²) in [6, 6.07) is 8.49. The van der Waals surface area contributed by atoms with Gasteiger partial charge in [0.1, 0.15) is 5.69 Å². The molecule has 12 heteroatoms. The molecular formula is C36H48FN9O2. The van der Waals surface area contributed by atoms with Crippen molar-refractivity contribution in [3.8, 4) is 11.3 Å². The van der Waals surface area contributed by atoms with Gasteiger partial charge >= 0.3 is 0 Å². The van der Waals surface area contributed by atoms with E-state index in [1.54, 1.807) is 24.9 Å². The van der Waals surface area contributed by atoms with Crippen LogP contribution in [0.5, 0.6) is 0 Å². The predicted molar refractivity (Wildman–Crippen MR) is 186 cm³/mol. The van der Waals surface area contributed by atoms with Gasteiger partial charge < -0.3 is 19.5 Å². The minimum Gasteiger partial charge on any atom is -0.390 e. The average Bonchev–Trinajstić information content (AvgIpc) is 3.60. The van der Waals surface area contributed by atoms with Crippen LogP contribution in [0.15, 0.2) is 30.5 Å². The van der Waals surface area contributed by atoms with Crippen molar-refractivity contribution in [1.29, 1.82) is 0 Å². The number of piperazine rings is 1. The Kier molecular flexibility index (Phi) is 8.76. The van der Waals surface area contributed by atoms with Gasteiger partial charge in [0.2, 0.25) is 5.95 Å². The van der Waals surface area contributed by atoms with Gasteiger partial charge in [0.15, 0.2) is 5.82 Å². The van der Waals surface area contributed by atoms with Gasteiger partial charge in [-0.05, 0) is 90.6 Å². The van der Waals surface area contributed by atoms with Crippen molar-refractivity contribution in [1.82, 2.24) is 34.1 Å². The monoisotopic (exact) mass is 657 g/mol. The van der Waals surface area contributed by atoms with Crippen LogP contribution in [0.25, 0.3) is 22.3 Å². The Balaban J connectivity index is 1.18. The van der Waals surface area contributed by atoms with E-state index in [9.17, 15) is 9.90 Å². The number of aromatic nitrogens is 5. The largest absolute Gasteiger partial charge is 0.390 e. The third-order valence-corrected chi connectivity index (χ3v) is 11.0. The first-order valence-corrected chi connectivity index (χ1v) is 17.4. The van der Waals surface area contributed by atoms with Gasteiger partial charge in [0, 0.05) is 81.0 Å². The van der Waals surface area contributed by atoms with Crippen LogP contribution in [0.2, 0.25) is 0 Å². The van der Waals surface area contributed by atoms with Crippen molar-refractivity contribution < 1.29 is 14.3 Å². The number of nitrogens with zero attached hydrogens (tertiary/aromatic N) is 8. The number of hydrogen-bond acceptors (Lipinski definition) is 8. The van der Waals surface area contributed by atoms with Crippen LogP contribution in [0.4, 0.5) is 16.0 Å². The van der Waals surface area contributed by atoms with Crippen LogP contribution in [-0.4, -0.2) is 103 Å². The third kappa shape index (κ3) is 6.33. The number of halogens is 1. The number of pyridine rings is 1. The molecule has 1 aliphatic carbocycles. The zero-order valence-corrected chi connectivity index (χ0v) is 28.8. The number of rotatable bonds is 6. The van der Waals surface area contributed by atoms with Gasteiger partial charge in [-0.1, -0.05) is 0 Å². The van der Waals surface area contributed by atoms with Crippen molar-refractivity contribution >= 4 is 28.6 Å². The Morgan fingerprint density at radius 3 is 2.33 bits per heavy atom. The highest BCUT2D eigenvalue weighted by molar-refractivity contribution is 6.05. The van der Waals surface area contributed by atoms with Crippen molar-refractivity contribution in [3.05, 3.63) is 53.2 Å². The van der Waals surface area contributed by atoms with E-state index >= 15 is 4.39 Å². The van der Waals surface area contributed by atoms with Gasteiger partial charge in [-0.2, -0.15) is 5.10 Å². The van der Waals surface area contributed by atoms with Crippen LogP contribution >= 0.6 is 0 Å². The predicted octanol–water partition coefficient (Wildman–Crippen LogP) is 4.92. The lowest BCUT2D eigenvalue weighted by Crippen LogP contribution is -2.52. The van der Waals surface area contributed by atoms with Crippen molar-refractivity contribution in [3.63, 3.8) is 0 Å². The van der Waals surface area contributed by atoms with Crippen LogP contribution in [0.3, 0.4) is 0 Å². The van der Waals surface area contributed by atoms with E-state index < -0.39 is 17.3 Å². The van der Waals surface area contributed by atoms with E-state index in [1.807, 2.05) is 19.9 Å². The summed E-state index contributed by atoms with van der Waals surface area (Å²) >= 11 is 0. The molecule has 1 aromatic carbocycles. The molecule has 0 spiro atoms.